The van der Waals surface area contributed by atoms with Crippen molar-refractivity contribution in [3.8, 4) is 11.8 Å². The van der Waals surface area contributed by atoms with E-state index < -0.39 is 0 Å². The molecular formula is C13H14BrNO. The van der Waals surface area contributed by atoms with Crippen LogP contribution in [0.4, 0.5) is 0 Å². The molecule has 2 rings (SSSR count). The Morgan fingerprint density at radius 3 is 2.81 bits per heavy atom. The average Bonchev–Trinajstić information content (AvgIpc) is 2.98. The van der Waals surface area contributed by atoms with E-state index in [0.29, 0.717) is 13.0 Å². The number of ether oxygens (including phenoxy) is 1. The first kappa shape index (κ1) is 11.5. The second kappa shape index (κ2) is 4.47. The van der Waals surface area contributed by atoms with Gasteiger partial charge in [-0.3, -0.25) is 0 Å². The van der Waals surface area contributed by atoms with Gasteiger partial charge in [0.25, 0.3) is 0 Å². The van der Waals surface area contributed by atoms with Gasteiger partial charge in [0.15, 0.2) is 0 Å². The van der Waals surface area contributed by atoms with Crippen LogP contribution in [0.15, 0.2) is 22.7 Å². The Kier molecular flexibility index (Phi) is 3.20. The molecule has 0 heterocycles. The summed E-state index contributed by atoms with van der Waals surface area (Å²) in [5.41, 5.74) is 1.34. The molecule has 0 bridgehead atoms. The molecule has 2 nitrogen and oxygen atoms in total. The van der Waals surface area contributed by atoms with E-state index in [1.807, 2.05) is 25.1 Å². The van der Waals surface area contributed by atoms with E-state index in [9.17, 15) is 0 Å². The molecule has 1 saturated carbocycles. The van der Waals surface area contributed by atoms with Crippen molar-refractivity contribution in [2.45, 2.75) is 26.2 Å². The Hall–Kier alpha value is -1.01. The molecule has 1 aliphatic rings. The van der Waals surface area contributed by atoms with Crippen LogP contribution in [0, 0.1) is 23.7 Å². The van der Waals surface area contributed by atoms with Gasteiger partial charge in [-0.2, -0.15) is 5.26 Å². The van der Waals surface area contributed by atoms with Crippen molar-refractivity contribution in [2.75, 3.05) is 6.61 Å². The summed E-state index contributed by atoms with van der Waals surface area (Å²) < 4.78 is 6.76. The summed E-state index contributed by atoms with van der Waals surface area (Å²) in [7, 11) is 0. The van der Waals surface area contributed by atoms with Crippen LogP contribution in [0.2, 0.25) is 0 Å². The van der Waals surface area contributed by atoms with Crippen molar-refractivity contribution < 1.29 is 4.74 Å². The van der Waals surface area contributed by atoms with Crippen LogP contribution in [-0.4, -0.2) is 6.61 Å². The third-order valence-electron chi connectivity index (χ3n) is 3.03. The van der Waals surface area contributed by atoms with Crippen molar-refractivity contribution in [1.29, 1.82) is 5.26 Å². The van der Waals surface area contributed by atoms with Crippen molar-refractivity contribution in [2.24, 2.45) is 5.41 Å². The van der Waals surface area contributed by atoms with Crippen LogP contribution in [0.1, 0.15) is 24.8 Å². The van der Waals surface area contributed by atoms with Gasteiger partial charge in [0.05, 0.1) is 17.1 Å². The number of nitriles is 1. The molecule has 0 aliphatic heterocycles. The SMILES string of the molecule is Cc1ccc(OCC2(CC#N)CC2)c(Br)c1. The first-order valence-electron chi connectivity index (χ1n) is 5.41. The molecule has 1 fully saturated rings. The maximum Gasteiger partial charge on any atom is 0.133 e. The van der Waals surface area contributed by atoms with Crippen LogP contribution in [-0.2, 0) is 0 Å². The van der Waals surface area contributed by atoms with Crippen LogP contribution < -0.4 is 4.74 Å². The number of benzene rings is 1. The highest BCUT2D eigenvalue weighted by atomic mass is 79.9. The molecule has 3 heteroatoms. The summed E-state index contributed by atoms with van der Waals surface area (Å²) >= 11 is 3.48. The van der Waals surface area contributed by atoms with Gasteiger partial charge < -0.3 is 4.74 Å². The highest BCUT2D eigenvalue weighted by molar-refractivity contribution is 9.10. The lowest BCUT2D eigenvalue weighted by Gasteiger charge is -2.14. The van der Waals surface area contributed by atoms with E-state index in [4.69, 9.17) is 10.00 Å². The van der Waals surface area contributed by atoms with E-state index in [2.05, 4.69) is 22.0 Å². The fourth-order valence-corrected chi connectivity index (χ4v) is 2.28. The number of nitrogens with zero attached hydrogens (tertiary/aromatic N) is 1. The predicted molar refractivity (Wildman–Crippen MR) is 66.3 cm³/mol. The van der Waals surface area contributed by atoms with E-state index in [0.717, 1.165) is 23.1 Å². The van der Waals surface area contributed by atoms with Gasteiger partial charge in [0, 0.05) is 11.8 Å². The standard InChI is InChI=1S/C13H14BrNO/c1-10-2-3-12(11(14)8-10)16-9-13(4-5-13)6-7-15/h2-3,8H,4-6,9H2,1H3. The van der Waals surface area contributed by atoms with Gasteiger partial charge in [-0.1, -0.05) is 6.07 Å². The number of aryl methyl sites for hydroxylation is 1. The first-order valence-corrected chi connectivity index (χ1v) is 6.20. The number of hydrogen-bond acceptors (Lipinski definition) is 2. The van der Waals surface area contributed by atoms with Crippen LogP contribution in [0.5, 0.6) is 5.75 Å². The average molecular weight is 280 g/mol. The second-order valence-corrected chi connectivity index (χ2v) is 5.41. The zero-order valence-electron chi connectivity index (χ0n) is 9.29. The lowest BCUT2D eigenvalue weighted by Crippen LogP contribution is -2.12. The Bertz CT molecular complexity index is 432. The van der Waals surface area contributed by atoms with Crippen molar-refractivity contribution >= 4 is 15.9 Å². The van der Waals surface area contributed by atoms with Crippen molar-refractivity contribution in [3.05, 3.63) is 28.2 Å². The van der Waals surface area contributed by atoms with Crippen LogP contribution >= 0.6 is 15.9 Å². The first-order chi connectivity index (χ1) is 7.65. The molecular weight excluding hydrogens is 266 g/mol. The molecule has 1 aromatic carbocycles. The molecule has 0 unspecified atom stereocenters. The van der Waals surface area contributed by atoms with Gasteiger partial charge in [-0.15, -0.1) is 0 Å². The lowest BCUT2D eigenvalue weighted by molar-refractivity contribution is 0.235. The highest BCUT2D eigenvalue weighted by Crippen LogP contribution is 2.49. The van der Waals surface area contributed by atoms with E-state index in [1.165, 1.54) is 5.56 Å². The Balaban J connectivity index is 1.98. The predicted octanol–water partition coefficient (Wildman–Crippen LogP) is 3.83. The van der Waals surface area contributed by atoms with Gasteiger partial charge in [-0.25, -0.2) is 0 Å². The molecule has 1 aromatic rings. The topological polar surface area (TPSA) is 33.0 Å². The molecule has 0 radical (unpaired) electrons. The second-order valence-electron chi connectivity index (χ2n) is 4.56. The molecule has 84 valence electrons. The van der Waals surface area contributed by atoms with Gasteiger partial charge >= 0.3 is 0 Å². The van der Waals surface area contributed by atoms with Crippen molar-refractivity contribution in [3.63, 3.8) is 0 Å². The quantitative estimate of drug-likeness (QED) is 0.839. The number of rotatable bonds is 4. The Morgan fingerprint density at radius 2 is 2.25 bits per heavy atom. The summed E-state index contributed by atoms with van der Waals surface area (Å²) in [5.74, 6) is 0.870. The largest absolute Gasteiger partial charge is 0.492 e. The fourth-order valence-electron chi connectivity index (χ4n) is 1.67. The number of hydrogen-bond donors (Lipinski definition) is 0. The third kappa shape index (κ3) is 2.56. The van der Waals surface area contributed by atoms with Crippen molar-refractivity contribution in [1.82, 2.24) is 0 Å². The minimum Gasteiger partial charge on any atom is -0.492 e. The monoisotopic (exact) mass is 279 g/mol. The Labute approximate surface area is 104 Å². The van der Waals surface area contributed by atoms with E-state index in [1.54, 1.807) is 0 Å². The lowest BCUT2D eigenvalue weighted by atomic mass is 10.1. The summed E-state index contributed by atoms with van der Waals surface area (Å²) in [6.07, 6.45) is 2.84. The van der Waals surface area contributed by atoms with Crippen LogP contribution in [0.3, 0.4) is 0 Å². The zero-order chi connectivity index (χ0) is 11.6. The summed E-state index contributed by atoms with van der Waals surface area (Å²) in [6, 6.07) is 8.29. The maximum atomic E-state index is 8.72. The molecule has 0 atom stereocenters. The van der Waals surface area contributed by atoms with E-state index in [-0.39, 0.29) is 5.41 Å². The normalized spacial score (nSPS) is 16.6. The molecule has 0 spiro atoms. The molecule has 1 aliphatic carbocycles. The van der Waals surface area contributed by atoms with Gasteiger partial charge in [0.2, 0.25) is 0 Å². The van der Waals surface area contributed by atoms with Gasteiger partial charge in [0.1, 0.15) is 5.75 Å². The zero-order valence-corrected chi connectivity index (χ0v) is 10.9. The molecule has 0 aromatic heterocycles. The third-order valence-corrected chi connectivity index (χ3v) is 3.65. The molecule has 0 N–H and O–H groups in total. The maximum absolute atomic E-state index is 8.72. The van der Waals surface area contributed by atoms with E-state index >= 15 is 0 Å². The summed E-state index contributed by atoms with van der Waals surface area (Å²) in [4.78, 5) is 0. The highest BCUT2D eigenvalue weighted by Gasteiger charge is 2.43. The minimum atomic E-state index is 0.138. The fraction of sp³-hybridized carbons (Fsp3) is 0.462. The number of halogens is 1. The summed E-state index contributed by atoms with van der Waals surface area (Å²) in [5, 5.41) is 8.72. The molecule has 16 heavy (non-hydrogen) atoms. The van der Waals surface area contributed by atoms with Gasteiger partial charge in [-0.05, 0) is 53.4 Å². The Morgan fingerprint density at radius 1 is 1.50 bits per heavy atom. The minimum absolute atomic E-state index is 0.138. The molecule has 0 saturated heterocycles. The smallest absolute Gasteiger partial charge is 0.133 e. The van der Waals surface area contributed by atoms with Crippen LogP contribution in [0.25, 0.3) is 0 Å². The molecule has 0 amide bonds. The summed E-state index contributed by atoms with van der Waals surface area (Å²) in [6.45, 7) is 2.70.